The highest BCUT2D eigenvalue weighted by Gasteiger charge is 2.33. The first kappa shape index (κ1) is 20.8. The quantitative estimate of drug-likeness (QED) is 0.277. The summed E-state index contributed by atoms with van der Waals surface area (Å²) in [5, 5.41) is 69.1. The third kappa shape index (κ3) is 6.59. The summed E-state index contributed by atoms with van der Waals surface area (Å²) in [6.07, 6.45) is -7.84. The maximum atomic E-state index is 10.3. The van der Waals surface area contributed by atoms with Gasteiger partial charge in [-0.05, 0) is 12.1 Å². The third-order valence-electron chi connectivity index (χ3n) is 2.64. The molecule has 1 aromatic rings. The minimum Gasteiger partial charge on any atom is -0.507 e. The summed E-state index contributed by atoms with van der Waals surface area (Å²) in [6, 6.07) is 5.81. The Bertz CT molecular complexity index is 517. The maximum absolute atomic E-state index is 10.3. The number of aliphatic carboxylic acids is 1. The molecule has 0 aliphatic rings. The van der Waals surface area contributed by atoms with E-state index in [0.29, 0.717) is 0 Å². The van der Waals surface area contributed by atoms with Crippen LogP contribution in [-0.4, -0.2) is 83.8 Å². The van der Waals surface area contributed by atoms with Crippen LogP contribution in [-0.2, 0) is 4.79 Å². The van der Waals surface area contributed by atoms with Crippen molar-refractivity contribution >= 4 is 11.9 Å². The molecule has 1 aromatic carbocycles. The third-order valence-corrected chi connectivity index (χ3v) is 2.64. The number of aromatic hydroxyl groups is 1. The lowest BCUT2D eigenvalue weighted by Gasteiger charge is -2.23. The number of aromatic carboxylic acids is 1. The molecule has 10 heteroatoms. The van der Waals surface area contributed by atoms with Crippen molar-refractivity contribution in [3.05, 3.63) is 29.8 Å². The van der Waals surface area contributed by atoms with E-state index in [4.69, 9.17) is 40.9 Å². The predicted octanol–water partition coefficient (Wildman–Crippen LogP) is -2.40. The highest BCUT2D eigenvalue weighted by molar-refractivity contribution is 5.90. The van der Waals surface area contributed by atoms with Crippen molar-refractivity contribution in [2.75, 3.05) is 6.61 Å². The van der Waals surface area contributed by atoms with Gasteiger partial charge in [-0.3, -0.25) is 0 Å². The number of hydrogen-bond donors (Lipinski definition) is 8. The smallest absolute Gasteiger partial charge is 0.339 e. The molecule has 23 heavy (non-hydrogen) atoms. The predicted molar refractivity (Wildman–Crippen MR) is 73.8 cm³/mol. The van der Waals surface area contributed by atoms with Crippen LogP contribution in [0.15, 0.2) is 24.3 Å². The summed E-state index contributed by atoms with van der Waals surface area (Å²) < 4.78 is 0. The van der Waals surface area contributed by atoms with Crippen LogP contribution < -0.4 is 0 Å². The van der Waals surface area contributed by atoms with Crippen molar-refractivity contribution in [2.24, 2.45) is 0 Å². The van der Waals surface area contributed by atoms with E-state index < -0.39 is 43.0 Å². The molecule has 0 spiro atoms. The van der Waals surface area contributed by atoms with Crippen molar-refractivity contribution in [2.45, 2.75) is 24.4 Å². The molecule has 0 bridgehead atoms. The van der Waals surface area contributed by atoms with Gasteiger partial charge in [0.25, 0.3) is 0 Å². The van der Waals surface area contributed by atoms with E-state index in [0.717, 1.165) is 0 Å². The van der Waals surface area contributed by atoms with E-state index in [-0.39, 0.29) is 11.3 Å². The van der Waals surface area contributed by atoms with Gasteiger partial charge in [0, 0.05) is 0 Å². The lowest BCUT2D eigenvalue weighted by atomic mass is 10.0. The molecule has 0 aliphatic carbocycles. The van der Waals surface area contributed by atoms with Gasteiger partial charge >= 0.3 is 11.9 Å². The molecule has 4 unspecified atom stereocenters. The van der Waals surface area contributed by atoms with Crippen LogP contribution in [0.25, 0.3) is 0 Å². The monoisotopic (exact) mass is 334 g/mol. The Morgan fingerprint density at radius 1 is 0.957 bits per heavy atom. The molecule has 0 aliphatic heterocycles. The van der Waals surface area contributed by atoms with E-state index in [2.05, 4.69) is 0 Å². The van der Waals surface area contributed by atoms with Crippen LogP contribution in [0.5, 0.6) is 5.75 Å². The Morgan fingerprint density at radius 2 is 1.48 bits per heavy atom. The summed E-state index contributed by atoms with van der Waals surface area (Å²) in [5.74, 6) is -3.04. The fourth-order valence-electron chi connectivity index (χ4n) is 1.32. The van der Waals surface area contributed by atoms with Crippen LogP contribution in [0.1, 0.15) is 10.4 Å². The van der Waals surface area contributed by atoms with Crippen molar-refractivity contribution in [3.63, 3.8) is 0 Å². The lowest BCUT2D eigenvalue weighted by Crippen LogP contribution is -2.48. The lowest BCUT2D eigenvalue weighted by molar-refractivity contribution is -0.164. The molecular formula is C13H18O10. The number of carbonyl (C=O) groups is 2. The molecule has 1 rings (SSSR count). The molecule has 130 valence electrons. The molecule has 0 fully saturated rings. The van der Waals surface area contributed by atoms with Crippen LogP contribution in [0, 0.1) is 0 Å². The minimum absolute atomic E-state index is 0.0671. The minimum atomic E-state index is -2.20. The summed E-state index contributed by atoms with van der Waals surface area (Å²) in [4.78, 5) is 20.4. The van der Waals surface area contributed by atoms with Gasteiger partial charge in [0.1, 0.15) is 29.6 Å². The molecule has 10 nitrogen and oxygen atoms in total. The molecule has 0 saturated carbocycles. The standard InChI is InChI=1S/C7H6O3.C6H12O7/c8-6-4-2-1-3-5(6)7(9)10;7-1-2(8)3(9)4(10)5(11)6(12)13/h1-4,8H,(H,9,10);2-5,7-11H,1H2,(H,12,13). The summed E-state index contributed by atoms with van der Waals surface area (Å²) in [5.41, 5.74) is -0.0671. The van der Waals surface area contributed by atoms with Gasteiger partial charge in [-0.2, -0.15) is 0 Å². The Labute approximate surface area is 130 Å². The summed E-state index contributed by atoms with van der Waals surface area (Å²) in [7, 11) is 0. The zero-order chi connectivity index (χ0) is 18.2. The second kappa shape index (κ2) is 9.71. The van der Waals surface area contributed by atoms with E-state index in [1.807, 2.05) is 0 Å². The summed E-state index contributed by atoms with van der Waals surface area (Å²) in [6.45, 7) is -0.843. The highest BCUT2D eigenvalue weighted by Crippen LogP contribution is 2.14. The van der Waals surface area contributed by atoms with Crippen LogP contribution in [0.4, 0.5) is 0 Å². The van der Waals surface area contributed by atoms with Crippen molar-refractivity contribution in [3.8, 4) is 5.75 Å². The van der Waals surface area contributed by atoms with E-state index >= 15 is 0 Å². The molecule has 8 N–H and O–H groups in total. The van der Waals surface area contributed by atoms with E-state index in [1.54, 1.807) is 12.1 Å². The number of carboxylic acids is 2. The number of aliphatic hydroxyl groups excluding tert-OH is 5. The molecule has 0 aromatic heterocycles. The first-order chi connectivity index (χ1) is 10.6. The number of aliphatic hydroxyl groups is 5. The Morgan fingerprint density at radius 3 is 1.83 bits per heavy atom. The number of carboxylic acid groups (broad SMARTS) is 2. The fraction of sp³-hybridized carbons (Fsp3) is 0.385. The van der Waals surface area contributed by atoms with E-state index in [9.17, 15) is 9.59 Å². The van der Waals surface area contributed by atoms with Crippen LogP contribution in [0.2, 0.25) is 0 Å². The first-order valence-corrected chi connectivity index (χ1v) is 6.20. The van der Waals surface area contributed by atoms with E-state index in [1.165, 1.54) is 12.1 Å². The van der Waals surface area contributed by atoms with Gasteiger partial charge in [-0.15, -0.1) is 0 Å². The Balaban J connectivity index is 0.000000433. The van der Waals surface area contributed by atoms with Crippen LogP contribution in [0.3, 0.4) is 0 Å². The average Bonchev–Trinajstić information content (AvgIpc) is 2.52. The van der Waals surface area contributed by atoms with Gasteiger partial charge in [-0.25, -0.2) is 9.59 Å². The average molecular weight is 334 g/mol. The topological polar surface area (TPSA) is 196 Å². The number of rotatable bonds is 6. The Hall–Kier alpha value is -2.24. The maximum Gasteiger partial charge on any atom is 0.339 e. The number of benzene rings is 1. The van der Waals surface area contributed by atoms with Gasteiger partial charge in [0.15, 0.2) is 6.10 Å². The zero-order valence-corrected chi connectivity index (χ0v) is 11.7. The number of para-hydroxylation sites is 1. The van der Waals surface area contributed by atoms with Crippen molar-refractivity contribution in [1.82, 2.24) is 0 Å². The Kier molecular flexibility index (Phi) is 8.77. The molecule has 0 saturated heterocycles. The van der Waals surface area contributed by atoms with Gasteiger partial charge in [0.05, 0.1) is 6.61 Å². The second-order valence-corrected chi connectivity index (χ2v) is 4.34. The van der Waals surface area contributed by atoms with Gasteiger partial charge in [0.2, 0.25) is 0 Å². The van der Waals surface area contributed by atoms with Gasteiger partial charge in [-0.1, -0.05) is 12.1 Å². The first-order valence-electron chi connectivity index (χ1n) is 6.20. The fourth-order valence-corrected chi connectivity index (χ4v) is 1.32. The SMILES string of the molecule is O=C(O)C(O)C(O)C(O)C(O)CO.O=C(O)c1ccccc1O. The second-order valence-electron chi connectivity index (χ2n) is 4.34. The zero-order valence-electron chi connectivity index (χ0n) is 11.7. The van der Waals surface area contributed by atoms with Crippen molar-refractivity contribution < 1.29 is 50.4 Å². The largest absolute Gasteiger partial charge is 0.507 e. The molecular weight excluding hydrogens is 316 g/mol. The van der Waals surface area contributed by atoms with Gasteiger partial charge < -0.3 is 40.9 Å². The summed E-state index contributed by atoms with van der Waals surface area (Å²) >= 11 is 0. The van der Waals surface area contributed by atoms with Crippen molar-refractivity contribution in [1.29, 1.82) is 0 Å². The molecule has 4 atom stereocenters. The normalized spacial score (nSPS) is 15.5. The molecule has 0 amide bonds. The highest BCUT2D eigenvalue weighted by atomic mass is 16.4. The molecule has 0 radical (unpaired) electrons. The van der Waals surface area contributed by atoms with Crippen LogP contribution >= 0.6 is 0 Å². The molecule has 0 heterocycles. The number of phenols is 1. The number of hydrogen-bond acceptors (Lipinski definition) is 8.